The molecule has 3 rings (SSSR count). The molecule has 2 heterocycles. The highest BCUT2D eigenvalue weighted by molar-refractivity contribution is 7.08. The van der Waals surface area contributed by atoms with Gasteiger partial charge in [-0.2, -0.15) is 16.6 Å². The average Bonchev–Trinajstić information content (AvgIpc) is 3.25. The summed E-state index contributed by atoms with van der Waals surface area (Å²) >= 11 is 1.48. The first-order valence-electron chi connectivity index (χ1n) is 9.91. The van der Waals surface area contributed by atoms with Gasteiger partial charge in [0.05, 0.1) is 6.07 Å². The van der Waals surface area contributed by atoms with E-state index in [0.717, 1.165) is 25.9 Å². The third-order valence-electron chi connectivity index (χ3n) is 5.70. The van der Waals surface area contributed by atoms with Crippen LogP contribution in [0.25, 0.3) is 0 Å². The van der Waals surface area contributed by atoms with Crippen LogP contribution in [-0.4, -0.2) is 60.4 Å². The van der Waals surface area contributed by atoms with Crippen molar-refractivity contribution in [2.75, 3.05) is 32.7 Å². The van der Waals surface area contributed by atoms with Crippen LogP contribution in [0.1, 0.15) is 48.9 Å². The second-order valence-corrected chi connectivity index (χ2v) is 8.19. The van der Waals surface area contributed by atoms with E-state index in [9.17, 15) is 14.9 Å². The third kappa shape index (κ3) is 5.30. The van der Waals surface area contributed by atoms with Gasteiger partial charge >= 0.3 is 0 Å². The van der Waals surface area contributed by atoms with Crippen molar-refractivity contribution >= 4 is 23.2 Å². The normalized spacial score (nSPS) is 20.0. The summed E-state index contributed by atoms with van der Waals surface area (Å²) in [6, 6.07) is 4.29. The Balaban J connectivity index is 1.39. The summed E-state index contributed by atoms with van der Waals surface area (Å²) in [4.78, 5) is 28.4. The molecular formula is C20H28N4O2S. The fourth-order valence-electron chi connectivity index (χ4n) is 4.12. The molecule has 146 valence electrons. The lowest BCUT2D eigenvalue weighted by Crippen LogP contribution is -2.53. The molecule has 0 aromatic carbocycles. The maximum atomic E-state index is 12.4. The molecule has 0 radical (unpaired) electrons. The Morgan fingerprint density at radius 3 is 2.59 bits per heavy atom. The number of hydrogen-bond donors (Lipinski definition) is 1. The summed E-state index contributed by atoms with van der Waals surface area (Å²) in [7, 11) is 0. The highest BCUT2D eigenvalue weighted by atomic mass is 32.1. The number of rotatable bonds is 6. The van der Waals surface area contributed by atoms with Crippen molar-refractivity contribution in [1.82, 2.24) is 15.1 Å². The van der Waals surface area contributed by atoms with Crippen molar-refractivity contribution < 1.29 is 9.59 Å². The van der Waals surface area contributed by atoms with Gasteiger partial charge < -0.3 is 10.2 Å². The average molecular weight is 389 g/mol. The molecule has 1 aromatic rings. The Labute approximate surface area is 165 Å². The molecule has 7 heteroatoms. The Hall–Kier alpha value is -1.91. The van der Waals surface area contributed by atoms with E-state index < -0.39 is 0 Å². The summed E-state index contributed by atoms with van der Waals surface area (Å²) < 4.78 is 0. The zero-order chi connectivity index (χ0) is 19.1. The molecule has 2 fully saturated rings. The van der Waals surface area contributed by atoms with Gasteiger partial charge in [-0.1, -0.05) is 19.3 Å². The van der Waals surface area contributed by atoms with E-state index in [1.165, 1.54) is 30.6 Å². The van der Waals surface area contributed by atoms with Crippen molar-refractivity contribution in [2.45, 2.75) is 44.6 Å². The molecule has 2 amide bonds. The van der Waals surface area contributed by atoms with Crippen molar-refractivity contribution in [3.8, 4) is 6.07 Å². The van der Waals surface area contributed by atoms with Gasteiger partial charge in [-0.05, 0) is 30.2 Å². The molecule has 1 aliphatic heterocycles. The van der Waals surface area contributed by atoms with Gasteiger partial charge in [0.25, 0.3) is 5.91 Å². The third-order valence-corrected chi connectivity index (χ3v) is 6.38. The molecule has 27 heavy (non-hydrogen) atoms. The number of thiophene rings is 1. The van der Waals surface area contributed by atoms with Gasteiger partial charge in [0.1, 0.15) is 6.04 Å². The summed E-state index contributed by atoms with van der Waals surface area (Å²) in [5, 5.41) is 16.1. The summed E-state index contributed by atoms with van der Waals surface area (Å²) in [6.45, 7) is 3.23. The lowest BCUT2D eigenvalue weighted by Gasteiger charge is -2.40. The molecule has 0 spiro atoms. The standard InChI is InChI=1S/C20H28N4O2S/c21-14-18(16-4-2-1-3-5-16)23-9-11-24(12-10-23)19(25)6-8-22-20(26)17-7-13-27-15-17/h7,13,15-16,18H,1-6,8-12H2,(H,22,26). The first-order chi connectivity index (χ1) is 13.2. The van der Waals surface area contributed by atoms with E-state index >= 15 is 0 Å². The number of carbonyl (C=O) groups excluding carboxylic acids is 2. The number of nitriles is 1. The molecule has 1 saturated heterocycles. The highest BCUT2D eigenvalue weighted by Gasteiger charge is 2.31. The second-order valence-electron chi connectivity index (χ2n) is 7.41. The minimum Gasteiger partial charge on any atom is -0.351 e. The van der Waals surface area contributed by atoms with Gasteiger partial charge in [0, 0.05) is 50.1 Å². The predicted molar refractivity (Wildman–Crippen MR) is 105 cm³/mol. The summed E-state index contributed by atoms with van der Waals surface area (Å²) in [5.74, 6) is 0.433. The molecule has 1 unspecified atom stereocenters. The molecular weight excluding hydrogens is 360 g/mol. The van der Waals surface area contributed by atoms with Crippen molar-refractivity contribution in [2.24, 2.45) is 5.92 Å². The Kier molecular flexibility index (Phi) is 7.25. The monoisotopic (exact) mass is 388 g/mol. The van der Waals surface area contributed by atoms with E-state index in [0.29, 0.717) is 37.5 Å². The summed E-state index contributed by atoms with van der Waals surface area (Å²) in [6.07, 6.45) is 6.39. The van der Waals surface area contributed by atoms with Crippen LogP contribution < -0.4 is 5.32 Å². The summed E-state index contributed by atoms with van der Waals surface area (Å²) in [5.41, 5.74) is 0.645. The van der Waals surface area contributed by atoms with Crippen LogP contribution in [0.3, 0.4) is 0 Å². The zero-order valence-corrected chi connectivity index (χ0v) is 16.5. The number of hydrogen-bond acceptors (Lipinski definition) is 5. The highest BCUT2D eigenvalue weighted by Crippen LogP contribution is 2.29. The Bertz CT molecular complexity index is 656. The number of nitrogens with zero attached hydrogens (tertiary/aromatic N) is 3. The van der Waals surface area contributed by atoms with Crippen LogP contribution in [0.2, 0.25) is 0 Å². The van der Waals surface area contributed by atoms with Gasteiger partial charge in [-0.15, -0.1) is 0 Å². The van der Waals surface area contributed by atoms with Crippen molar-refractivity contribution in [1.29, 1.82) is 5.26 Å². The lowest BCUT2D eigenvalue weighted by molar-refractivity contribution is -0.133. The Morgan fingerprint density at radius 2 is 1.96 bits per heavy atom. The van der Waals surface area contributed by atoms with Crippen LogP contribution in [0, 0.1) is 17.2 Å². The molecule has 1 N–H and O–H groups in total. The quantitative estimate of drug-likeness (QED) is 0.812. The molecule has 1 aliphatic carbocycles. The minimum atomic E-state index is -0.127. The van der Waals surface area contributed by atoms with Crippen LogP contribution in [0.4, 0.5) is 0 Å². The number of piperazine rings is 1. The predicted octanol–water partition coefficient (Wildman–Crippen LogP) is 2.48. The van der Waals surface area contributed by atoms with Crippen molar-refractivity contribution in [3.63, 3.8) is 0 Å². The smallest absolute Gasteiger partial charge is 0.252 e. The number of amides is 2. The van der Waals surface area contributed by atoms with E-state index in [1.54, 1.807) is 11.4 Å². The largest absolute Gasteiger partial charge is 0.351 e. The second kappa shape index (κ2) is 9.86. The minimum absolute atomic E-state index is 0.00699. The molecule has 1 atom stereocenters. The fraction of sp³-hybridized carbons (Fsp3) is 0.650. The molecule has 1 saturated carbocycles. The maximum Gasteiger partial charge on any atom is 0.252 e. The van der Waals surface area contributed by atoms with Gasteiger partial charge in [-0.3, -0.25) is 14.5 Å². The van der Waals surface area contributed by atoms with Crippen molar-refractivity contribution in [3.05, 3.63) is 22.4 Å². The Morgan fingerprint density at radius 1 is 1.22 bits per heavy atom. The SMILES string of the molecule is N#CC(C1CCCCC1)N1CCN(C(=O)CCNC(=O)c2ccsc2)CC1. The topological polar surface area (TPSA) is 76.4 Å². The first-order valence-corrected chi connectivity index (χ1v) is 10.8. The van der Waals surface area contributed by atoms with E-state index in [-0.39, 0.29) is 17.9 Å². The molecule has 0 bridgehead atoms. The first kappa shape index (κ1) is 19.8. The molecule has 6 nitrogen and oxygen atoms in total. The van der Waals surface area contributed by atoms with Gasteiger partial charge in [0.2, 0.25) is 5.91 Å². The van der Waals surface area contributed by atoms with E-state index in [4.69, 9.17) is 0 Å². The fourth-order valence-corrected chi connectivity index (χ4v) is 4.76. The van der Waals surface area contributed by atoms with Gasteiger partial charge in [0.15, 0.2) is 0 Å². The number of nitrogens with one attached hydrogen (secondary N) is 1. The van der Waals surface area contributed by atoms with E-state index in [1.807, 2.05) is 10.3 Å². The van der Waals surface area contributed by atoms with Gasteiger partial charge in [-0.25, -0.2) is 0 Å². The van der Waals surface area contributed by atoms with E-state index in [2.05, 4.69) is 16.3 Å². The van der Waals surface area contributed by atoms with Crippen LogP contribution in [0.15, 0.2) is 16.8 Å². The zero-order valence-electron chi connectivity index (χ0n) is 15.7. The lowest BCUT2D eigenvalue weighted by atomic mass is 9.83. The van der Waals surface area contributed by atoms with Crippen LogP contribution >= 0.6 is 11.3 Å². The van der Waals surface area contributed by atoms with Crippen LogP contribution in [0.5, 0.6) is 0 Å². The molecule has 1 aromatic heterocycles. The maximum absolute atomic E-state index is 12.4. The van der Waals surface area contributed by atoms with Crippen LogP contribution in [-0.2, 0) is 4.79 Å². The molecule has 2 aliphatic rings. The number of carbonyl (C=O) groups is 2.